The van der Waals surface area contributed by atoms with Gasteiger partial charge in [-0.25, -0.2) is 0 Å². The summed E-state index contributed by atoms with van der Waals surface area (Å²) in [5.74, 6) is -0.0848. The molecule has 2 amide bonds. The zero-order valence-electron chi connectivity index (χ0n) is 11.8. The van der Waals surface area contributed by atoms with Crippen LogP contribution in [-0.2, 0) is 0 Å². The fourth-order valence-corrected chi connectivity index (χ4v) is 3.30. The van der Waals surface area contributed by atoms with Gasteiger partial charge in [-0.1, -0.05) is 6.92 Å². The van der Waals surface area contributed by atoms with Gasteiger partial charge in [0, 0.05) is 18.3 Å². The van der Waals surface area contributed by atoms with E-state index in [4.69, 9.17) is 5.73 Å². The molecule has 0 aliphatic carbocycles. The number of hydrogen-bond donors (Lipinski definition) is 1. The van der Waals surface area contributed by atoms with Crippen LogP contribution in [0, 0.1) is 5.92 Å². The second kappa shape index (κ2) is 4.59. The molecule has 1 fully saturated rings. The Kier molecular flexibility index (Phi) is 3.01. The Morgan fingerprint density at radius 3 is 2.60 bits per heavy atom. The Balaban J connectivity index is 1.93. The number of nitrogens with two attached hydrogens (primary N) is 1. The van der Waals surface area contributed by atoms with Crippen LogP contribution in [0.3, 0.4) is 0 Å². The van der Waals surface area contributed by atoms with Crippen molar-refractivity contribution in [1.82, 2.24) is 9.80 Å². The SMILES string of the molecule is CC1CN(C)CCC1N1C(=O)c2ccc(N)cc2C1=O. The van der Waals surface area contributed by atoms with Gasteiger partial charge in [-0.05, 0) is 44.1 Å². The maximum Gasteiger partial charge on any atom is 0.261 e. The average molecular weight is 273 g/mol. The van der Waals surface area contributed by atoms with Crippen molar-refractivity contribution < 1.29 is 9.59 Å². The van der Waals surface area contributed by atoms with E-state index in [1.807, 2.05) is 0 Å². The van der Waals surface area contributed by atoms with Gasteiger partial charge in [0.2, 0.25) is 0 Å². The third-order valence-electron chi connectivity index (χ3n) is 4.34. The van der Waals surface area contributed by atoms with Crippen LogP contribution in [0.4, 0.5) is 5.69 Å². The molecule has 5 heteroatoms. The molecule has 1 saturated heterocycles. The molecule has 3 rings (SSSR count). The van der Waals surface area contributed by atoms with Crippen molar-refractivity contribution in [3.8, 4) is 0 Å². The molecule has 1 aromatic rings. The number of fused-ring (bicyclic) bond motifs is 1. The lowest BCUT2D eigenvalue weighted by Gasteiger charge is -2.38. The monoisotopic (exact) mass is 273 g/mol. The first-order chi connectivity index (χ1) is 9.49. The normalized spacial score (nSPS) is 27.0. The smallest absolute Gasteiger partial charge is 0.261 e. The topological polar surface area (TPSA) is 66.6 Å². The van der Waals surface area contributed by atoms with Crippen LogP contribution in [0.2, 0.25) is 0 Å². The van der Waals surface area contributed by atoms with Crippen molar-refractivity contribution >= 4 is 17.5 Å². The molecule has 2 N–H and O–H groups in total. The fourth-order valence-electron chi connectivity index (χ4n) is 3.30. The van der Waals surface area contributed by atoms with Gasteiger partial charge in [0.1, 0.15) is 0 Å². The van der Waals surface area contributed by atoms with E-state index in [0.717, 1.165) is 19.5 Å². The van der Waals surface area contributed by atoms with Crippen LogP contribution >= 0.6 is 0 Å². The minimum atomic E-state index is -0.196. The van der Waals surface area contributed by atoms with Gasteiger partial charge < -0.3 is 10.6 Å². The molecule has 0 spiro atoms. The number of likely N-dealkylation sites (tertiary alicyclic amines) is 1. The highest BCUT2D eigenvalue weighted by molar-refractivity contribution is 6.21. The molecule has 0 bridgehead atoms. The van der Waals surface area contributed by atoms with E-state index in [2.05, 4.69) is 18.9 Å². The van der Waals surface area contributed by atoms with Crippen LogP contribution in [-0.4, -0.2) is 47.8 Å². The van der Waals surface area contributed by atoms with E-state index in [1.54, 1.807) is 18.2 Å². The van der Waals surface area contributed by atoms with E-state index in [9.17, 15) is 9.59 Å². The number of nitrogen functional groups attached to an aromatic ring is 1. The standard InChI is InChI=1S/C15H19N3O2/c1-9-8-17(2)6-5-13(9)18-14(19)11-4-3-10(16)7-12(11)15(18)20/h3-4,7,9,13H,5-6,8,16H2,1-2H3. The highest BCUT2D eigenvalue weighted by atomic mass is 16.2. The predicted molar refractivity (Wildman–Crippen MR) is 76.4 cm³/mol. The number of carbonyl (C=O) groups excluding carboxylic acids is 2. The number of anilines is 1. The lowest BCUT2D eigenvalue weighted by molar-refractivity contribution is 0.0422. The highest BCUT2D eigenvalue weighted by Gasteiger charge is 2.42. The molecule has 5 nitrogen and oxygen atoms in total. The quantitative estimate of drug-likeness (QED) is 0.617. The number of piperidine rings is 1. The second-order valence-corrected chi connectivity index (χ2v) is 5.88. The number of nitrogens with zero attached hydrogens (tertiary/aromatic N) is 2. The van der Waals surface area contributed by atoms with Gasteiger partial charge in [0.25, 0.3) is 11.8 Å². The van der Waals surface area contributed by atoms with E-state index in [1.165, 1.54) is 4.90 Å². The van der Waals surface area contributed by atoms with Gasteiger partial charge in [-0.2, -0.15) is 0 Å². The highest BCUT2D eigenvalue weighted by Crippen LogP contribution is 2.31. The maximum absolute atomic E-state index is 12.5. The van der Waals surface area contributed by atoms with Gasteiger partial charge in [-0.3, -0.25) is 14.5 Å². The molecule has 1 aromatic carbocycles. The van der Waals surface area contributed by atoms with Crippen molar-refractivity contribution in [2.24, 2.45) is 5.92 Å². The molecular formula is C15H19N3O2. The number of amides is 2. The van der Waals surface area contributed by atoms with Crippen LogP contribution < -0.4 is 5.73 Å². The first kappa shape index (κ1) is 13.1. The van der Waals surface area contributed by atoms with Gasteiger partial charge in [-0.15, -0.1) is 0 Å². The molecule has 0 radical (unpaired) electrons. The third kappa shape index (κ3) is 1.89. The van der Waals surface area contributed by atoms with Crippen molar-refractivity contribution in [2.75, 3.05) is 25.9 Å². The summed E-state index contributed by atoms with van der Waals surface area (Å²) >= 11 is 0. The minimum absolute atomic E-state index is 0.0141. The summed E-state index contributed by atoms with van der Waals surface area (Å²) in [6.07, 6.45) is 0.832. The van der Waals surface area contributed by atoms with Crippen molar-refractivity contribution in [3.63, 3.8) is 0 Å². The Hall–Kier alpha value is -1.88. The lowest BCUT2D eigenvalue weighted by atomic mass is 9.93. The number of benzene rings is 1. The molecule has 2 atom stereocenters. The van der Waals surface area contributed by atoms with Crippen LogP contribution in [0.5, 0.6) is 0 Å². The first-order valence-corrected chi connectivity index (χ1v) is 6.95. The first-order valence-electron chi connectivity index (χ1n) is 6.95. The molecule has 106 valence electrons. The Morgan fingerprint density at radius 2 is 1.90 bits per heavy atom. The Morgan fingerprint density at radius 1 is 1.20 bits per heavy atom. The van der Waals surface area contributed by atoms with Crippen molar-refractivity contribution in [2.45, 2.75) is 19.4 Å². The summed E-state index contributed by atoms with van der Waals surface area (Å²) in [5, 5.41) is 0. The predicted octanol–water partition coefficient (Wildman–Crippen LogP) is 1.20. The number of carbonyl (C=O) groups is 2. The van der Waals surface area contributed by atoms with E-state index in [-0.39, 0.29) is 23.8 Å². The molecule has 20 heavy (non-hydrogen) atoms. The number of rotatable bonds is 1. The zero-order chi connectivity index (χ0) is 14.4. The summed E-state index contributed by atoms with van der Waals surface area (Å²) in [5.41, 5.74) is 7.16. The van der Waals surface area contributed by atoms with Crippen molar-refractivity contribution in [3.05, 3.63) is 29.3 Å². The Bertz CT molecular complexity index is 584. The van der Waals surface area contributed by atoms with Crippen LogP contribution in [0.1, 0.15) is 34.1 Å². The number of imide groups is 1. The fraction of sp³-hybridized carbons (Fsp3) is 0.467. The third-order valence-corrected chi connectivity index (χ3v) is 4.34. The maximum atomic E-state index is 12.5. The second-order valence-electron chi connectivity index (χ2n) is 5.88. The van der Waals surface area contributed by atoms with Gasteiger partial charge >= 0.3 is 0 Å². The number of hydrogen-bond acceptors (Lipinski definition) is 4. The summed E-state index contributed by atoms with van der Waals surface area (Å²) < 4.78 is 0. The lowest BCUT2D eigenvalue weighted by Crippen LogP contribution is -2.51. The molecule has 2 aliphatic heterocycles. The Labute approximate surface area is 118 Å². The molecule has 0 saturated carbocycles. The largest absolute Gasteiger partial charge is 0.399 e. The van der Waals surface area contributed by atoms with Gasteiger partial charge in [0.15, 0.2) is 0 Å². The zero-order valence-corrected chi connectivity index (χ0v) is 11.8. The molecule has 2 aliphatic rings. The molecular weight excluding hydrogens is 254 g/mol. The molecule has 0 aromatic heterocycles. The van der Waals surface area contributed by atoms with Gasteiger partial charge in [0.05, 0.1) is 11.1 Å². The molecule has 2 unspecified atom stereocenters. The molecule has 2 heterocycles. The summed E-state index contributed by atoms with van der Waals surface area (Å²) in [6.45, 7) is 3.91. The van der Waals surface area contributed by atoms with E-state index >= 15 is 0 Å². The summed E-state index contributed by atoms with van der Waals surface area (Å²) in [7, 11) is 2.07. The van der Waals surface area contributed by atoms with Crippen molar-refractivity contribution in [1.29, 1.82) is 0 Å². The van der Waals surface area contributed by atoms with E-state index in [0.29, 0.717) is 16.8 Å². The average Bonchev–Trinajstić information content (AvgIpc) is 2.63. The summed E-state index contributed by atoms with van der Waals surface area (Å²) in [6, 6.07) is 4.92. The van der Waals surface area contributed by atoms with E-state index < -0.39 is 0 Å². The summed E-state index contributed by atoms with van der Waals surface area (Å²) in [4.78, 5) is 28.7. The van der Waals surface area contributed by atoms with Crippen LogP contribution in [0.15, 0.2) is 18.2 Å². The van der Waals surface area contributed by atoms with Crippen LogP contribution in [0.25, 0.3) is 0 Å². The minimum Gasteiger partial charge on any atom is -0.399 e.